The molecule has 3 aromatic rings. The zero-order valence-corrected chi connectivity index (χ0v) is 21.4. The number of aromatic nitrogens is 2. The minimum Gasteiger partial charge on any atom is -0.377 e. The number of hydrogen-bond donors (Lipinski definition) is 2. The largest absolute Gasteiger partial charge is 0.377 e. The van der Waals surface area contributed by atoms with Crippen molar-refractivity contribution < 1.29 is 22.3 Å². The average molecular weight is 526 g/mol. The molecule has 9 nitrogen and oxygen atoms in total. The normalized spacial score (nSPS) is 18.8. The van der Waals surface area contributed by atoms with Gasteiger partial charge in [0.25, 0.3) is 0 Å². The van der Waals surface area contributed by atoms with Crippen LogP contribution in [0.15, 0.2) is 59.5 Å². The Morgan fingerprint density at radius 1 is 1.14 bits per heavy atom. The Bertz CT molecular complexity index is 1430. The molecule has 1 aliphatic carbocycles. The minimum absolute atomic E-state index is 0.0402. The van der Waals surface area contributed by atoms with Gasteiger partial charge in [-0.2, -0.15) is 0 Å². The quantitative estimate of drug-likeness (QED) is 0.504. The lowest BCUT2D eigenvalue weighted by Crippen LogP contribution is -2.44. The molecule has 11 heteroatoms. The Kier molecular flexibility index (Phi) is 6.59. The first-order valence-corrected chi connectivity index (χ1v) is 13.6. The fourth-order valence-corrected chi connectivity index (χ4v) is 6.54. The van der Waals surface area contributed by atoms with E-state index in [1.165, 1.54) is 25.2 Å². The second-order valence-corrected chi connectivity index (χ2v) is 11.5. The van der Waals surface area contributed by atoms with E-state index in [2.05, 4.69) is 15.5 Å². The molecule has 5 rings (SSSR count). The molecule has 0 radical (unpaired) electrons. The third-order valence-corrected chi connectivity index (χ3v) is 9.32. The molecule has 2 fully saturated rings. The molecule has 37 heavy (non-hydrogen) atoms. The maximum Gasteiger partial charge on any atom is 0.318 e. The van der Waals surface area contributed by atoms with Gasteiger partial charge in [-0.3, -0.25) is 0 Å². The van der Waals surface area contributed by atoms with Crippen LogP contribution in [0.4, 0.5) is 20.7 Å². The highest BCUT2D eigenvalue weighted by Crippen LogP contribution is 2.55. The molecule has 2 aromatic carbocycles. The van der Waals surface area contributed by atoms with Crippen LogP contribution in [0.3, 0.4) is 0 Å². The maximum atomic E-state index is 13.9. The summed E-state index contributed by atoms with van der Waals surface area (Å²) in [6, 6.07) is 13.6. The second kappa shape index (κ2) is 9.71. The van der Waals surface area contributed by atoms with Crippen molar-refractivity contribution >= 4 is 27.4 Å². The lowest BCUT2D eigenvalue weighted by molar-refractivity contribution is 0.0985. The van der Waals surface area contributed by atoms with Gasteiger partial charge in [0.15, 0.2) is 15.7 Å². The number of rotatable bonds is 6. The van der Waals surface area contributed by atoms with Gasteiger partial charge < -0.3 is 20.3 Å². The highest BCUT2D eigenvalue weighted by Gasteiger charge is 2.58. The molecule has 194 valence electrons. The first-order valence-electron chi connectivity index (χ1n) is 12.1. The fraction of sp³-hybridized carbons (Fsp3) is 0.346. The SMILES string of the molecule is CNC(=O)Nc1ccc(-c2nc(N3CCOC[C@@H]3C)cc(C3(S(=O)(=O)c4cccc(F)c4)CC3)n2)cc1. The molecule has 2 amide bonds. The highest BCUT2D eigenvalue weighted by atomic mass is 32.2. The van der Waals surface area contributed by atoms with Crippen LogP contribution in [-0.2, 0) is 19.3 Å². The van der Waals surface area contributed by atoms with Crippen LogP contribution in [0.25, 0.3) is 11.4 Å². The number of halogens is 1. The van der Waals surface area contributed by atoms with E-state index in [-0.39, 0.29) is 17.0 Å². The monoisotopic (exact) mass is 525 g/mol. The Labute approximate surface area is 215 Å². The number of nitrogens with one attached hydrogen (secondary N) is 2. The van der Waals surface area contributed by atoms with Gasteiger partial charge >= 0.3 is 6.03 Å². The maximum absolute atomic E-state index is 13.9. The molecule has 1 atom stereocenters. The molecule has 2 heterocycles. The predicted octanol–water partition coefficient (Wildman–Crippen LogP) is 3.72. The van der Waals surface area contributed by atoms with E-state index in [0.717, 1.165) is 6.07 Å². The highest BCUT2D eigenvalue weighted by molar-refractivity contribution is 7.92. The molecular weight excluding hydrogens is 497 g/mol. The van der Waals surface area contributed by atoms with Gasteiger partial charge in [0.1, 0.15) is 16.4 Å². The molecule has 2 N–H and O–H groups in total. The van der Waals surface area contributed by atoms with Crippen LogP contribution in [0.5, 0.6) is 0 Å². The topological polar surface area (TPSA) is 114 Å². The summed E-state index contributed by atoms with van der Waals surface area (Å²) < 4.78 is 45.7. The van der Waals surface area contributed by atoms with E-state index >= 15 is 0 Å². The van der Waals surface area contributed by atoms with Crippen molar-refractivity contribution in [2.24, 2.45) is 0 Å². The molecule has 1 aromatic heterocycles. The first kappa shape index (κ1) is 25.1. The van der Waals surface area contributed by atoms with Gasteiger partial charge in [-0.1, -0.05) is 6.07 Å². The Hall–Kier alpha value is -3.57. The van der Waals surface area contributed by atoms with Gasteiger partial charge in [-0.15, -0.1) is 0 Å². The van der Waals surface area contributed by atoms with E-state index in [1.807, 2.05) is 6.92 Å². The first-order chi connectivity index (χ1) is 17.7. The molecule has 1 saturated carbocycles. The number of morpholine rings is 1. The lowest BCUT2D eigenvalue weighted by Gasteiger charge is -2.34. The van der Waals surface area contributed by atoms with Crippen molar-refractivity contribution in [1.29, 1.82) is 0 Å². The van der Waals surface area contributed by atoms with Crippen LogP contribution in [0.1, 0.15) is 25.5 Å². The number of anilines is 2. The van der Waals surface area contributed by atoms with Crippen LogP contribution < -0.4 is 15.5 Å². The summed E-state index contributed by atoms with van der Waals surface area (Å²) in [5.41, 5.74) is 1.65. The predicted molar refractivity (Wildman–Crippen MR) is 138 cm³/mol. The molecule has 0 bridgehead atoms. The minimum atomic E-state index is -3.91. The number of hydrogen-bond acceptors (Lipinski definition) is 7. The summed E-state index contributed by atoms with van der Waals surface area (Å²) in [6.07, 6.45) is 0.769. The summed E-state index contributed by atoms with van der Waals surface area (Å²) in [6.45, 7) is 3.69. The second-order valence-electron chi connectivity index (χ2n) is 9.29. The van der Waals surface area contributed by atoms with E-state index in [1.54, 1.807) is 30.3 Å². The van der Waals surface area contributed by atoms with Gasteiger partial charge in [0.2, 0.25) is 0 Å². The van der Waals surface area contributed by atoms with E-state index < -0.39 is 20.4 Å². The number of urea groups is 1. The van der Waals surface area contributed by atoms with Crippen molar-refractivity contribution in [3.63, 3.8) is 0 Å². The van der Waals surface area contributed by atoms with E-state index in [4.69, 9.17) is 14.7 Å². The van der Waals surface area contributed by atoms with Crippen molar-refractivity contribution in [3.05, 3.63) is 66.1 Å². The lowest BCUT2D eigenvalue weighted by atomic mass is 10.1. The van der Waals surface area contributed by atoms with Crippen molar-refractivity contribution in [2.75, 3.05) is 37.0 Å². The molecule has 2 aliphatic rings. The number of carbonyl (C=O) groups is 1. The summed E-state index contributed by atoms with van der Waals surface area (Å²) in [5, 5.41) is 5.20. The molecule has 0 spiro atoms. The van der Waals surface area contributed by atoms with Crippen molar-refractivity contribution in [2.45, 2.75) is 35.4 Å². The number of ether oxygens (including phenoxy) is 1. The fourth-order valence-electron chi connectivity index (χ4n) is 4.54. The van der Waals surface area contributed by atoms with Gasteiger partial charge in [0, 0.05) is 30.9 Å². The van der Waals surface area contributed by atoms with Gasteiger partial charge in [0.05, 0.1) is 29.8 Å². The smallest absolute Gasteiger partial charge is 0.318 e. The van der Waals surface area contributed by atoms with Gasteiger partial charge in [-0.25, -0.2) is 27.6 Å². The van der Waals surface area contributed by atoms with E-state index in [9.17, 15) is 17.6 Å². The molecular formula is C26H28FN5O4S. The molecule has 1 saturated heterocycles. The summed E-state index contributed by atoms with van der Waals surface area (Å²) in [7, 11) is -2.38. The summed E-state index contributed by atoms with van der Waals surface area (Å²) in [4.78, 5) is 23.2. The van der Waals surface area contributed by atoms with E-state index in [0.29, 0.717) is 61.2 Å². The third kappa shape index (κ3) is 4.76. The summed E-state index contributed by atoms with van der Waals surface area (Å²) >= 11 is 0. The Morgan fingerprint density at radius 3 is 2.54 bits per heavy atom. The number of benzene rings is 2. The average Bonchev–Trinajstić information content (AvgIpc) is 3.72. The van der Waals surface area contributed by atoms with Crippen LogP contribution in [0.2, 0.25) is 0 Å². The Balaban J connectivity index is 1.59. The molecule has 0 unspecified atom stereocenters. The van der Waals surface area contributed by atoms with Crippen LogP contribution in [0, 0.1) is 5.82 Å². The number of sulfone groups is 1. The number of carbonyl (C=O) groups excluding carboxylic acids is 1. The number of amides is 2. The van der Waals surface area contributed by atoms with Crippen molar-refractivity contribution in [3.8, 4) is 11.4 Å². The Morgan fingerprint density at radius 2 is 1.89 bits per heavy atom. The molecule has 1 aliphatic heterocycles. The third-order valence-electron chi connectivity index (χ3n) is 6.79. The van der Waals surface area contributed by atoms with Crippen LogP contribution in [-0.4, -0.2) is 57.3 Å². The standard InChI is InChI=1S/C26H28FN5O4S/c1-17-16-36-13-12-32(17)23-15-22(26(10-11-26)37(34,35)21-5-3-4-19(27)14-21)30-24(31-23)18-6-8-20(9-7-18)29-25(33)28-2/h3-9,14-15,17H,10-13,16H2,1-2H3,(H2,28,29,33)/t17-/m0/s1. The van der Waals surface area contributed by atoms with Crippen LogP contribution >= 0.6 is 0 Å². The zero-order chi connectivity index (χ0) is 26.2. The number of nitrogens with zero attached hydrogens (tertiary/aromatic N) is 3. The zero-order valence-electron chi connectivity index (χ0n) is 20.6. The van der Waals surface area contributed by atoms with Gasteiger partial charge in [-0.05, 0) is 62.2 Å². The van der Waals surface area contributed by atoms with Crippen molar-refractivity contribution in [1.82, 2.24) is 15.3 Å². The summed E-state index contributed by atoms with van der Waals surface area (Å²) in [5.74, 6) is 0.385.